The summed E-state index contributed by atoms with van der Waals surface area (Å²) in [5.74, 6) is -1.09. The Bertz CT molecular complexity index is 1200. The van der Waals surface area contributed by atoms with Crippen LogP contribution >= 0.6 is 34.8 Å². The molecular formula is C24H20Cl3N3O4. The Morgan fingerprint density at radius 3 is 2.38 bits per heavy atom. The molecule has 0 bridgehead atoms. The van der Waals surface area contributed by atoms with Crippen LogP contribution in [0, 0.1) is 0 Å². The zero-order valence-electron chi connectivity index (χ0n) is 18.0. The Balaban J connectivity index is 1.65. The highest BCUT2D eigenvalue weighted by molar-refractivity contribution is 6.41. The molecule has 0 heterocycles. The van der Waals surface area contributed by atoms with Crippen LogP contribution < -0.4 is 20.2 Å². The van der Waals surface area contributed by atoms with Crippen LogP contribution in [-0.4, -0.2) is 24.6 Å². The minimum Gasteiger partial charge on any atom is -0.490 e. The first-order valence-corrected chi connectivity index (χ1v) is 11.2. The van der Waals surface area contributed by atoms with Gasteiger partial charge in [0.1, 0.15) is 6.61 Å². The maximum atomic E-state index is 12.0. The highest BCUT2D eigenvalue weighted by atomic mass is 35.5. The zero-order valence-corrected chi connectivity index (χ0v) is 20.2. The highest BCUT2D eigenvalue weighted by Crippen LogP contribution is 2.37. The van der Waals surface area contributed by atoms with Gasteiger partial charge in [0.25, 0.3) is 0 Å². The van der Waals surface area contributed by atoms with Gasteiger partial charge in [-0.1, -0.05) is 59.1 Å². The molecular weight excluding hydrogens is 501 g/mol. The number of ether oxygens (including phenoxy) is 2. The molecule has 0 aliphatic heterocycles. The Labute approximate surface area is 211 Å². The summed E-state index contributed by atoms with van der Waals surface area (Å²) in [5, 5.41) is 7.46. The van der Waals surface area contributed by atoms with Gasteiger partial charge in [-0.2, -0.15) is 5.10 Å². The summed E-state index contributed by atoms with van der Waals surface area (Å²) >= 11 is 18.3. The molecule has 0 fully saturated rings. The van der Waals surface area contributed by atoms with Gasteiger partial charge in [-0.15, -0.1) is 0 Å². The second kappa shape index (κ2) is 12.3. The number of nitrogens with one attached hydrogen (secondary N) is 2. The van der Waals surface area contributed by atoms with Crippen LogP contribution in [0.3, 0.4) is 0 Å². The van der Waals surface area contributed by atoms with Gasteiger partial charge in [0, 0.05) is 5.02 Å². The normalized spacial score (nSPS) is 10.7. The lowest BCUT2D eigenvalue weighted by Gasteiger charge is -2.14. The molecule has 0 atom stereocenters. The van der Waals surface area contributed by atoms with Crippen molar-refractivity contribution in [2.75, 3.05) is 11.9 Å². The largest absolute Gasteiger partial charge is 0.490 e. The van der Waals surface area contributed by atoms with Crippen molar-refractivity contribution in [1.29, 1.82) is 0 Å². The minimum atomic E-state index is -0.963. The number of benzene rings is 3. The lowest BCUT2D eigenvalue weighted by molar-refractivity contribution is -0.136. The maximum absolute atomic E-state index is 12.0. The van der Waals surface area contributed by atoms with Crippen molar-refractivity contribution in [2.45, 2.75) is 13.5 Å². The Kier molecular flexibility index (Phi) is 9.16. The number of para-hydroxylation sites is 1. The van der Waals surface area contributed by atoms with Crippen molar-refractivity contribution in [3.05, 3.63) is 86.9 Å². The SMILES string of the molecule is CCOc1cc(/C=N\NC(=O)C(=O)Nc2ccccc2Cl)cc(Cl)c1OCc1ccc(Cl)cc1. The van der Waals surface area contributed by atoms with E-state index in [2.05, 4.69) is 15.8 Å². The van der Waals surface area contributed by atoms with Crippen molar-refractivity contribution in [3.8, 4) is 11.5 Å². The topological polar surface area (TPSA) is 89.0 Å². The van der Waals surface area contributed by atoms with E-state index in [1.807, 2.05) is 19.1 Å². The van der Waals surface area contributed by atoms with E-state index in [0.717, 1.165) is 5.56 Å². The van der Waals surface area contributed by atoms with E-state index in [-0.39, 0.29) is 6.61 Å². The summed E-state index contributed by atoms with van der Waals surface area (Å²) in [6.45, 7) is 2.48. The Hall–Kier alpha value is -3.26. The molecule has 34 heavy (non-hydrogen) atoms. The molecule has 2 N–H and O–H groups in total. The number of hydrogen-bond donors (Lipinski definition) is 2. The second-order valence-electron chi connectivity index (χ2n) is 6.81. The van der Waals surface area contributed by atoms with Crippen LogP contribution in [0.25, 0.3) is 0 Å². The van der Waals surface area contributed by atoms with E-state index >= 15 is 0 Å². The number of nitrogens with zero attached hydrogens (tertiary/aromatic N) is 1. The van der Waals surface area contributed by atoms with Crippen molar-refractivity contribution in [3.63, 3.8) is 0 Å². The number of hydrogen-bond acceptors (Lipinski definition) is 5. The third kappa shape index (κ3) is 7.12. The van der Waals surface area contributed by atoms with E-state index in [9.17, 15) is 9.59 Å². The average Bonchev–Trinajstić information content (AvgIpc) is 2.81. The summed E-state index contributed by atoms with van der Waals surface area (Å²) in [6.07, 6.45) is 1.33. The Morgan fingerprint density at radius 2 is 1.68 bits per heavy atom. The number of halogens is 3. The summed E-state index contributed by atoms with van der Waals surface area (Å²) < 4.78 is 11.5. The van der Waals surface area contributed by atoms with Crippen molar-refractivity contribution < 1.29 is 19.1 Å². The third-order valence-corrected chi connectivity index (χ3v) is 5.20. The fourth-order valence-electron chi connectivity index (χ4n) is 2.76. The van der Waals surface area contributed by atoms with E-state index in [4.69, 9.17) is 44.3 Å². The molecule has 10 heteroatoms. The van der Waals surface area contributed by atoms with Crippen LogP contribution in [0.1, 0.15) is 18.1 Å². The number of rotatable bonds is 8. The molecule has 0 saturated carbocycles. The smallest absolute Gasteiger partial charge is 0.329 e. The highest BCUT2D eigenvalue weighted by Gasteiger charge is 2.15. The van der Waals surface area contributed by atoms with Gasteiger partial charge in [-0.05, 0) is 54.4 Å². The molecule has 0 aromatic heterocycles. The molecule has 2 amide bonds. The number of carbonyl (C=O) groups excluding carboxylic acids is 2. The van der Waals surface area contributed by atoms with Crippen molar-refractivity contribution in [1.82, 2.24) is 5.43 Å². The summed E-state index contributed by atoms with van der Waals surface area (Å²) in [5.41, 5.74) is 3.91. The molecule has 0 unspecified atom stereocenters. The maximum Gasteiger partial charge on any atom is 0.329 e. The number of amides is 2. The summed E-state index contributed by atoms with van der Waals surface area (Å²) in [7, 11) is 0. The van der Waals surface area contributed by atoms with Crippen molar-refractivity contribution >= 4 is 58.5 Å². The molecule has 3 rings (SSSR count). The fourth-order valence-corrected chi connectivity index (χ4v) is 3.34. The van der Waals surface area contributed by atoms with Crippen LogP contribution in [0.2, 0.25) is 15.1 Å². The van der Waals surface area contributed by atoms with Crippen LogP contribution in [0.4, 0.5) is 5.69 Å². The number of carbonyl (C=O) groups is 2. The van der Waals surface area contributed by atoms with E-state index in [1.54, 1.807) is 48.5 Å². The zero-order chi connectivity index (χ0) is 24.5. The second-order valence-corrected chi connectivity index (χ2v) is 8.06. The van der Waals surface area contributed by atoms with Gasteiger partial charge < -0.3 is 14.8 Å². The lowest BCUT2D eigenvalue weighted by atomic mass is 10.2. The summed E-state index contributed by atoms with van der Waals surface area (Å²) in [6, 6.07) is 17.1. The molecule has 0 aliphatic rings. The van der Waals surface area contributed by atoms with Gasteiger partial charge >= 0.3 is 11.8 Å². The number of anilines is 1. The molecule has 0 spiro atoms. The molecule has 7 nitrogen and oxygen atoms in total. The third-order valence-electron chi connectivity index (χ3n) is 4.34. The van der Waals surface area contributed by atoms with Crippen molar-refractivity contribution in [2.24, 2.45) is 5.10 Å². The monoisotopic (exact) mass is 519 g/mol. The van der Waals surface area contributed by atoms with Gasteiger partial charge in [0.15, 0.2) is 11.5 Å². The van der Waals surface area contributed by atoms with E-state index in [1.165, 1.54) is 6.21 Å². The van der Waals surface area contributed by atoms with E-state index in [0.29, 0.717) is 44.4 Å². The van der Waals surface area contributed by atoms with Crippen LogP contribution in [0.5, 0.6) is 11.5 Å². The first-order valence-electron chi connectivity index (χ1n) is 10.1. The molecule has 0 radical (unpaired) electrons. The molecule has 0 saturated heterocycles. The fraction of sp³-hybridized carbons (Fsp3) is 0.125. The standard InChI is InChI=1S/C24H20Cl3N3O4/c1-2-33-21-12-16(11-19(27)22(21)34-14-15-7-9-17(25)10-8-15)13-28-30-24(32)23(31)29-20-6-4-3-5-18(20)26/h3-13H,2,14H2,1H3,(H,29,31)(H,30,32)/b28-13-. The minimum absolute atomic E-state index is 0.265. The van der Waals surface area contributed by atoms with E-state index < -0.39 is 11.8 Å². The summed E-state index contributed by atoms with van der Waals surface area (Å²) in [4.78, 5) is 24.1. The molecule has 3 aromatic carbocycles. The van der Waals surface area contributed by atoms with Gasteiger partial charge in [0.05, 0.1) is 28.6 Å². The predicted octanol–water partition coefficient (Wildman–Crippen LogP) is 5.71. The van der Waals surface area contributed by atoms with Crippen LogP contribution in [0.15, 0.2) is 65.8 Å². The molecule has 0 aliphatic carbocycles. The quantitative estimate of drug-likeness (QED) is 0.226. The van der Waals surface area contributed by atoms with Gasteiger partial charge in [-0.3, -0.25) is 9.59 Å². The first kappa shape index (κ1) is 25.4. The molecule has 3 aromatic rings. The van der Waals surface area contributed by atoms with Gasteiger partial charge in [0.2, 0.25) is 0 Å². The van der Waals surface area contributed by atoms with Crippen LogP contribution in [-0.2, 0) is 16.2 Å². The first-order chi connectivity index (χ1) is 16.4. The Morgan fingerprint density at radius 1 is 0.941 bits per heavy atom. The number of hydrazone groups is 1. The molecule has 176 valence electrons. The average molecular weight is 521 g/mol. The lowest BCUT2D eigenvalue weighted by Crippen LogP contribution is -2.32. The predicted molar refractivity (Wildman–Crippen MR) is 134 cm³/mol. The van der Waals surface area contributed by atoms with Gasteiger partial charge in [-0.25, -0.2) is 5.43 Å².